The first-order valence-corrected chi connectivity index (χ1v) is 8.09. The first-order valence-electron chi connectivity index (χ1n) is 4.83. The second-order valence-electron chi connectivity index (χ2n) is 3.30. The standard InChI is InChI=1S/C10H9BrN2O2S2/c1-2-3-4-17(14,15)10-7(5-12)9(11)8(6-13)16-10/h2-4H2,1H3. The van der Waals surface area contributed by atoms with Crippen molar-refractivity contribution in [2.24, 2.45) is 0 Å². The Bertz CT molecular complexity index is 605. The number of nitriles is 2. The van der Waals surface area contributed by atoms with Crippen molar-refractivity contribution < 1.29 is 8.42 Å². The van der Waals surface area contributed by atoms with E-state index in [4.69, 9.17) is 10.5 Å². The molecule has 1 heterocycles. The van der Waals surface area contributed by atoms with Crippen LogP contribution < -0.4 is 0 Å². The van der Waals surface area contributed by atoms with Crippen molar-refractivity contribution in [2.45, 2.75) is 24.0 Å². The van der Waals surface area contributed by atoms with E-state index in [1.165, 1.54) is 0 Å². The van der Waals surface area contributed by atoms with E-state index in [9.17, 15) is 8.42 Å². The van der Waals surface area contributed by atoms with Crippen molar-refractivity contribution in [1.82, 2.24) is 0 Å². The lowest BCUT2D eigenvalue weighted by Crippen LogP contribution is -2.06. The maximum Gasteiger partial charge on any atom is 0.189 e. The van der Waals surface area contributed by atoms with Gasteiger partial charge in [0.25, 0.3) is 0 Å². The lowest BCUT2D eigenvalue weighted by molar-refractivity contribution is 0.594. The maximum atomic E-state index is 12.0. The zero-order valence-corrected chi connectivity index (χ0v) is 12.2. The van der Waals surface area contributed by atoms with Gasteiger partial charge in [-0.3, -0.25) is 0 Å². The Morgan fingerprint density at radius 2 is 2.00 bits per heavy atom. The molecule has 0 amide bonds. The predicted octanol–water partition coefficient (Wildman–Crippen LogP) is 2.83. The summed E-state index contributed by atoms with van der Waals surface area (Å²) in [6.45, 7) is 1.89. The minimum atomic E-state index is -3.46. The van der Waals surface area contributed by atoms with Crippen LogP contribution in [0.1, 0.15) is 30.2 Å². The molecule has 0 bridgehead atoms. The zero-order chi connectivity index (χ0) is 13.1. The summed E-state index contributed by atoms with van der Waals surface area (Å²) in [5.74, 6) is 0.00992. The highest BCUT2D eigenvalue weighted by Gasteiger charge is 2.25. The Balaban J connectivity index is 3.34. The van der Waals surface area contributed by atoms with Crippen molar-refractivity contribution >= 4 is 37.1 Å². The minimum absolute atomic E-state index is 0.00289. The Labute approximate surface area is 113 Å². The SMILES string of the molecule is CCCCS(=O)(=O)c1sc(C#N)c(Br)c1C#N. The second-order valence-corrected chi connectivity index (χ2v) is 7.42. The van der Waals surface area contributed by atoms with Crippen LogP contribution in [0, 0.1) is 22.7 Å². The molecule has 0 aliphatic carbocycles. The van der Waals surface area contributed by atoms with E-state index in [0.717, 1.165) is 17.8 Å². The Hall–Kier alpha value is -0.890. The highest BCUT2D eigenvalue weighted by molar-refractivity contribution is 9.10. The third-order valence-electron chi connectivity index (χ3n) is 2.08. The smallest absolute Gasteiger partial charge is 0.189 e. The molecule has 1 rings (SSSR count). The fourth-order valence-corrected chi connectivity index (χ4v) is 5.08. The van der Waals surface area contributed by atoms with Crippen molar-refractivity contribution in [3.63, 3.8) is 0 Å². The van der Waals surface area contributed by atoms with Crippen LogP contribution in [0.15, 0.2) is 8.68 Å². The molecule has 0 aromatic carbocycles. The Morgan fingerprint density at radius 1 is 1.35 bits per heavy atom. The summed E-state index contributed by atoms with van der Waals surface area (Å²) >= 11 is 3.93. The molecule has 0 aliphatic rings. The Kier molecular flexibility index (Phi) is 4.70. The van der Waals surface area contributed by atoms with Gasteiger partial charge in [0.1, 0.15) is 21.2 Å². The number of rotatable bonds is 4. The highest BCUT2D eigenvalue weighted by atomic mass is 79.9. The van der Waals surface area contributed by atoms with E-state index in [1.807, 2.05) is 19.1 Å². The van der Waals surface area contributed by atoms with Crippen LogP contribution in [-0.2, 0) is 9.84 Å². The summed E-state index contributed by atoms with van der Waals surface area (Å²) in [6, 6.07) is 3.71. The number of halogens is 1. The first-order chi connectivity index (χ1) is 7.97. The fraction of sp³-hybridized carbons (Fsp3) is 0.400. The lowest BCUT2D eigenvalue weighted by atomic mass is 10.3. The van der Waals surface area contributed by atoms with Crippen LogP contribution in [0.2, 0.25) is 0 Å². The molecule has 4 nitrogen and oxygen atoms in total. The molecular weight excluding hydrogens is 324 g/mol. The maximum absolute atomic E-state index is 12.0. The molecule has 0 saturated heterocycles. The van der Waals surface area contributed by atoms with Gasteiger partial charge in [0.2, 0.25) is 0 Å². The third-order valence-corrected chi connectivity index (χ3v) is 6.63. The van der Waals surface area contributed by atoms with E-state index in [-0.39, 0.29) is 24.9 Å². The molecule has 0 unspecified atom stereocenters. The van der Waals surface area contributed by atoms with Crippen LogP contribution in [0.4, 0.5) is 0 Å². The van der Waals surface area contributed by atoms with Crippen molar-refractivity contribution in [3.05, 3.63) is 14.9 Å². The van der Waals surface area contributed by atoms with E-state index in [1.54, 1.807) is 0 Å². The molecule has 0 fully saturated rings. The number of sulfone groups is 1. The van der Waals surface area contributed by atoms with Crippen molar-refractivity contribution in [3.8, 4) is 12.1 Å². The van der Waals surface area contributed by atoms with E-state index in [2.05, 4.69) is 15.9 Å². The number of thiophene rings is 1. The van der Waals surface area contributed by atoms with Gasteiger partial charge in [-0.2, -0.15) is 10.5 Å². The topological polar surface area (TPSA) is 81.7 Å². The molecule has 0 radical (unpaired) electrons. The minimum Gasteiger partial charge on any atom is -0.223 e. The van der Waals surface area contributed by atoms with Gasteiger partial charge in [0, 0.05) is 0 Å². The number of hydrogen-bond donors (Lipinski definition) is 0. The number of unbranched alkanes of at least 4 members (excludes halogenated alkanes) is 1. The second kappa shape index (κ2) is 5.63. The van der Waals surface area contributed by atoms with E-state index < -0.39 is 9.84 Å². The zero-order valence-electron chi connectivity index (χ0n) is 9.03. The molecule has 1 aromatic heterocycles. The van der Waals surface area contributed by atoms with Gasteiger partial charge in [0.05, 0.1) is 15.8 Å². The summed E-state index contributed by atoms with van der Waals surface area (Å²) in [7, 11) is -3.46. The van der Waals surface area contributed by atoms with E-state index >= 15 is 0 Å². The van der Waals surface area contributed by atoms with Crippen LogP contribution in [0.3, 0.4) is 0 Å². The highest BCUT2D eigenvalue weighted by Crippen LogP contribution is 2.36. The average molecular weight is 333 g/mol. The molecule has 0 saturated carbocycles. The largest absolute Gasteiger partial charge is 0.223 e. The molecule has 17 heavy (non-hydrogen) atoms. The number of hydrogen-bond acceptors (Lipinski definition) is 5. The summed E-state index contributed by atoms with van der Waals surface area (Å²) < 4.78 is 24.2. The molecule has 0 aliphatic heterocycles. The monoisotopic (exact) mass is 332 g/mol. The molecule has 0 atom stereocenters. The quantitative estimate of drug-likeness (QED) is 0.848. The average Bonchev–Trinajstić information content (AvgIpc) is 2.63. The summed E-state index contributed by atoms with van der Waals surface area (Å²) in [5.41, 5.74) is 0.0441. The van der Waals surface area contributed by atoms with Gasteiger partial charge in [-0.25, -0.2) is 8.42 Å². The molecule has 7 heteroatoms. The number of nitrogens with zero attached hydrogens (tertiary/aromatic N) is 2. The van der Waals surface area contributed by atoms with Gasteiger partial charge < -0.3 is 0 Å². The fourth-order valence-electron chi connectivity index (χ4n) is 1.20. The molecular formula is C10H9BrN2O2S2. The van der Waals surface area contributed by atoms with Crippen molar-refractivity contribution in [2.75, 3.05) is 5.75 Å². The summed E-state index contributed by atoms with van der Waals surface area (Å²) in [4.78, 5) is 0.219. The van der Waals surface area contributed by atoms with Crippen LogP contribution >= 0.6 is 27.3 Å². The van der Waals surface area contributed by atoms with Crippen LogP contribution in [-0.4, -0.2) is 14.2 Å². The summed E-state index contributed by atoms with van der Waals surface area (Å²) in [5, 5.41) is 17.8. The molecule has 1 aromatic rings. The van der Waals surface area contributed by atoms with Gasteiger partial charge in [-0.15, -0.1) is 11.3 Å². The predicted molar refractivity (Wildman–Crippen MR) is 68.4 cm³/mol. The summed E-state index contributed by atoms with van der Waals surface area (Å²) in [6.07, 6.45) is 1.31. The van der Waals surface area contributed by atoms with E-state index in [0.29, 0.717) is 6.42 Å². The van der Waals surface area contributed by atoms with Gasteiger partial charge in [-0.05, 0) is 22.4 Å². The third kappa shape index (κ3) is 2.86. The first kappa shape index (κ1) is 14.2. The lowest BCUT2D eigenvalue weighted by Gasteiger charge is -2.00. The van der Waals surface area contributed by atoms with Crippen LogP contribution in [0.5, 0.6) is 0 Å². The molecule has 90 valence electrons. The molecule has 0 spiro atoms. The molecule has 0 N–H and O–H groups in total. The van der Waals surface area contributed by atoms with Gasteiger partial charge in [-0.1, -0.05) is 13.3 Å². The normalized spacial score (nSPS) is 10.8. The Morgan fingerprint density at radius 3 is 2.47 bits per heavy atom. The van der Waals surface area contributed by atoms with Crippen LogP contribution in [0.25, 0.3) is 0 Å². The van der Waals surface area contributed by atoms with Gasteiger partial charge in [0.15, 0.2) is 9.84 Å². The van der Waals surface area contributed by atoms with Crippen molar-refractivity contribution in [1.29, 1.82) is 10.5 Å². The van der Waals surface area contributed by atoms with Gasteiger partial charge >= 0.3 is 0 Å².